The van der Waals surface area contributed by atoms with Crippen molar-refractivity contribution < 1.29 is 17.1 Å². The Bertz CT molecular complexity index is 590. The molecule has 22 heavy (non-hydrogen) atoms. The van der Waals surface area contributed by atoms with Crippen molar-refractivity contribution in [2.24, 2.45) is 0 Å². The van der Waals surface area contributed by atoms with Gasteiger partial charge in [0.05, 0.1) is 16.9 Å². The normalized spacial score (nSPS) is 18.0. The number of imidazole rings is 1. The number of hydrogen-bond donors (Lipinski definition) is 3. The third-order valence-corrected chi connectivity index (χ3v) is 3.22. The average Bonchev–Trinajstić information content (AvgIpc) is 3.26. The van der Waals surface area contributed by atoms with Crippen molar-refractivity contribution >= 4 is 22.4 Å². The van der Waals surface area contributed by atoms with Gasteiger partial charge < -0.3 is 16.5 Å². The van der Waals surface area contributed by atoms with Crippen LogP contribution in [0.2, 0.25) is 0 Å². The number of benzene rings is 1. The van der Waals surface area contributed by atoms with Crippen LogP contribution in [0.5, 0.6) is 0 Å². The van der Waals surface area contributed by atoms with Gasteiger partial charge in [0, 0.05) is 5.92 Å². The number of fused-ring (bicyclic) bond motifs is 1. The van der Waals surface area contributed by atoms with Crippen LogP contribution in [-0.4, -0.2) is 9.97 Å². The van der Waals surface area contributed by atoms with E-state index in [0.717, 1.165) is 22.8 Å². The molecule has 2 saturated carbocycles. The third kappa shape index (κ3) is 3.76. The fraction of sp³-hybridized carbons (Fsp3) is 0. The van der Waals surface area contributed by atoms with E-state index < -0.39 is 0 Å². The second-order valence-electron chi connectivity index (χ2n) is 4.69. The first kappa shape index (κ1) is 17.2. The van der Waals surface area contributed by atoms with E-state index in [2.05, 4.69) is 9.97 Å². The first-order valence-electron chi connectivity index (χ1n) is 6.68. The van der Waals surface area contributed by atoms with E-state index in [1.54, 1.807) is 6.07 Å². The second kappa shape index (κ2) is 7.89. The Balaban J connectivity index is 0.000000253. The number of nitrogen functional groups attached to an aromatic ring is 2. The van der Waals surface area contributed by atoms with E-state index in [1.807, 2.05) is 63.9 Å². The number of aromatic nitrogens is 2. The molecule has 2 fully saturated rings. The monoisotopic (exact) mass is 332 g/mol. The summed E-state index contributed by atoms with van der Waals surface area (Å²) in [6.45, 7) is 0. The van der Waals surface area contributed by atoms with Crippen LogP contribution in [0.15, 0.2) is 12.1 Å². The molecule has 1 aromatic carbocycles. The number of H-pyrrole nitrogens is 1. The zero-order chi connectivity index (χ0) is 14.7. The summed E-state index contributed by atoms with van der Waals surface area (Å²) < 4.78 is 0. The summed E-state index contributed by atoms with van der Waals surface area (Å²) in [7, 11) is 0. The Morgan fingerprint density at radius 2 is 1.41 bits per heavy atom. The van der Waals surface area contributed by atoms with Crippen LogP contribution >= 0.6 is 0 Å². The SMILES string of the molecule is Nc1ccc2[nH]c([C]3[CH][CH][CH][CH]3)nc2c1N.[CH]1[CH][CH][CH][CH]1.[Fe+2]. The molecular formula is C17H16FeN4+2. The van der Waals surface area contributed by atoms with Gasteiger partial charge in [-0.2, -0.15) is 0 Å². The van der Waals surface area contributed by atoms with Gasteiger partial charge in [0.25, 0.3) is 0 Å². The molecule has 110 valence electrons. The first-order valence-corrected chi connectivity index (χ1v) is 6.68. The molecule has 0 atom stereocenters. The minimum Gasteiger partial charge on any atom is -0.397 e. The van der Waals surface area contributed by atoms with Crippen LogP contribution in [0, 0.1) is 63.7 Å². The fourth-order valence-electron chi connectivity index (χ4n) is 2.10. The second-order valence-corrected chi connectivity index (χ2v) is 4.69. The van der Waals surface area contributed by atoms with Crippen LogP contribution in [0.3, 0.4) is 0 Å². The van der Waals surface area contributed by atoms with Crippen LogP contribution < -0.4 is 11.5 Å². The van der Waals surface area contributed by atoms with Gasteiger partial charge in [-0.05, 0) is 69.9 Å². The molecule has 4 rings (SSSR count). The Morgan fingerprint density at radius 1 is 0.818 bits per heavy atom. The summed E-state index contributed by atoms with van der Waals surface area (Å²) in [5.74, 6) is 1.87. The fourth-order valence-corrected chi connectivity index (χ4v) is 2.10. The Labute approximate surface area is 142 Å². The minimum absolute atomic E-state index is 0. The maximum Gasteiger partial charge on any atom is 2.00 e. The summed E-state index contributed by atoms with van der Waals surface area (Å²) in [5.41, 5.74) is 14.3. The Morgan fingerprint density at radius 3 is 2.00 bits per heavy atom. The Hall–Kier alpha value is -1.19. The molecular weight excluding hydrogens is 316 g/mol. The van der Waals surface area contributed by atoms with Gasteiger partial charge in [-0.15, -0.1) is 0 Å². The number of hydrogen-bond acceptors (Lipinski definition) is 3. The molecule has 10 radical (unpaired) electrons. The zero-order valence-corrected chi connectivity index (χ0v) is 12.9. The molecule has 0 aliphatic heterocycles. The molecule has 0 spiro atoms. The molecule has 5 heteroatoms. The number of rotatable bonds is 1. The largest absolute Gasteiger partial charge is 2.00 e. The molecule has 0 unspecified atom stereocenters. The number of nitrogens with two attached hydrogens (primary N) is 2. The first-order chi connectivity index (χ1) is 10.3. The van der Waals surface area contributed by atoms with E-state index in [1.165, 1.54) is 0 Å². The molecule has 2 aliphatic rings. The maximum atomic E-state index is 5.88. The summed E-state index contributed by atoms with van der Waals surface area (Å²) in [4.78, 5) is 7.67. The van der Waals surface area contributed by atoms with E-state index in [4.69, 9.17) is 11.5 Å². The van der Waals surface area contributed by atoms with Crippen LogP contribution in [0.4, 0.5) is 11.4 Å². The van der Waals surface area contributed by atoms with Crippen molar-refractivity contribution in [3.05, 3.63) is 81.7 Å². The van der Waals surface area contributed by atoms with Crippen molar-refractivity contribution in [3.63, 3.8) is 0 Å². The molecule has 1 heterocycles. The number of aromatic amines is 1. The third-order valence-electron chi connectivity index (χ3n) is 3.22. The average molecular weight is 332 g/mol. The smallest absolute Gasteiger partial charge is 0.397 e. The number of nitrogens with zero attached hydrogens (tertiary/aromatic N) is 1. The molecule has 0 saturated heterocycles. The molecule has 0 bridgehead atoms. The molecule has 2 aliphatic carbocycles. The molecule has 0 amide bonds. The van der Waals surface area contributed by atoms with Gasteiger partial charge in [-0.3, -0.25) is 0 Å². The van der Waals surface area contributed by atoms with E-state index >= 15 is 0 Å². The van der Waals surface area contributed by atoms with Gasteiger partial charge in [0.1, 0.15) is 11.3 Å². The van der Waals surface area contributed by atoms with Crippen molar-refractivity contribution in [3.8, 4) is 0 Å². The van der Waals surface area contributed by atoms with Crippen molar-refractivity contribution in [2.75, 3.05) is 11.5 Å². The maximum absolute atomic E-state index is 5.88. The minimum atomic E-state index is 0. The summed E-state index contributed by atoms with van der Waals surface area (Å²) >= 11 is 0. The van der Waals surface area contributed by atoms with Crippen molar-refractivity contribution in [2.45, 2.75) is 0 Å². The molecule has 2 aromatic rings. The number of nitrogens with one attached hydrogen (secondary N) is 1. The predicted octanol–water partition coefficient (Wildman–Crippen LogP) is 2.50. The van der Waals surface area contributed by atoms with Gasteiger partial charge in [-0.1, -0.05) is 0 Å². The quantitative estimate of drug-likeness (QED) is 0.554. The van der Waals surface area contributed by atoms with Gasteiger partial charge in [0.2, 0.25) is 0 Å². The van der Waals surface area contributed by atoms with E-state index in [0.29, 0.717) is 11.4 Å². The van der Waals surface area contributed by atoms with Crippen molar-refractivity contribution in [1.82, 2.24) is 9.97 Å². The summed E-state index contributed by atoms with van der Waals surface area (Å²) in [6.07, 6.45) is 17.9. The van der Waals surface area contributed by atoms with Crippen LogP contribution in [-0.2, 0) is 17.1 Å². The predicted molar refractivity (Wildman–Crippen MR) is 86.0 cm³/mol. The summed E-state index contributed by atoms with van der Waals surface area (Å²) in [6, 6.07) is 3.67. The molecule has 1 aromatic heterocycles. The molecule has 5 N–H and O–H groups in total. The van der Waals surface area contributed by atoms with E-state index in [9.17, 15) is 0 Å². The van der Waals surface area contributed by atoms with Crippen molar-refractivity contribution in [1.29, 1.82) is 0 Å². The van der Waals surface area contributed by atoms with Gasteiger partial charge in [-0.25, -0.2) is 4.98 Å². The van der Waals surface area contributed by atoms with E-state index in [-0.39, 0.29) is 17.1 Å². The van der Waals surface area contributed by atoms with Gasteiger partial charge in [0.15, 0.2) is 0 Å². The summed E-state index contributed by atoms with van der Waals surface area (Å²) in [5, 5.41) is 0. The van der Waals surface area contributed by atoms with Crippen LogP contribution in [0.25, 0.3) is 11.0 Å². The topological polar surface area (TPSA) is 80.7 Å². The standard InChI is InChI=1S/C12H11N4.C5H5.Fe/c13-8-5-6-9-11(10(8)14)16-12(15-9)7-3-1-2-4-7;1-2-4-5-3-1;/h1-6H,13-14H2,(H,15,16);1-5H;/q;;+2. The van der Waals surface area contributed by atoms with Crippen LogP contribution in [0.1, 0.15) is 5.82 Å². The zero-order valence-electron chi connectivity index (χ0n) is 11.8. The molecule has 4 nitrogen and oxygen atoms in total. The van der Waals surface area contributed by atoms with Gasteiger partial charge >= 0.3 is 17.1 Å². The Kier molecular flexibility index (Phi) is 6.15. The number of anilines is 2.